The zero-order valence-electron chi connectivity index (χ0n) is 13.0. The summed E-state index contributed by atoms with van der Waals surface area (Å²) in [6.07, 6.45) is 6.16. The Morgan fingerprint density at radius 2 is 1.45 bits per heavy atom. The van der Waals surface area contributed by atoms with Crippen molar-refractivity contribution >= 4 is 5.69 Å². The van der Waals surface area contributed by atoms with Crippen molar-refractivity contribution in [3.05, 3.63) is 66.2 Å². The summed E-state index contributed by atoms with van der Waals surface area (Å²) in [5, 5.41) is 14.5. The molecule has 2 N–H and O–H groups in total. The Labute approximate surface area is 133 Å². The first-order valence-corrected chi connectivity index (χ1v) is 8.34. The molecule has 0 heterocycles. The molecule has 3 rings (SSSR count). The van der Waals surface area contributed by atoms with Gasteiger partial charge in [-0.15, -0.1) is 0 Å². The summed E-state index contributed by atoms with van der Waals surface area (Å²) < 4.78 is 0. The van der Waals surface area contributed by atoms with E-state index in [9.17, 15) is 5.11 Å². The van der Waals surface area contributed by atoms with Crippen LogP contribution in [0.2, 0.25) is 0 Å². The van der Waals surface area contributed by atoms with Crippen LogP contribution in [-0.2, 0) is 0 Å². The molecule has 0 aromatic heterocycles. The average molecular weight is 295 g/mol. The smallest absolute Gasteiger partial charge is 0.0670 e. The van der Waals surface area contributed by atoms with Crippen LogP contribution in [-0.4, -0.2) is 10.7 Å². The van der Waals surface area contributed by atoms with Crippen molar-refractivity contribution < 1.29 is 5.11 Å². The normalized spacial score (nSPS) is 18.6. The summed E-state index contributed by atoms with van der Waals surface area (Å²) in [5.41, 5.74) is 1.82. The Morgan fingerprint density at radius 3 is 2.09 bits per heavy atom. The lowest BCUT2D eigenvalue weighted by Gasteiger charge is -2.36. The lowest BCUT2D eigenvalue weighted by atomic mass is 9.79. The van der Waals surface area contributed by atoms with Gasteiger partial charge in [0.25, 0.3) is 0 Å². The fraction of sp³-hybridized carbons (Fsp3) is 0.400. The van der Waals surface area contributed by atoms with E-state index in [1.165, 1.54) is 12.0 Å². The van der Waals surface area contributed by atoms with E-state index in [4.69, 9.17) is 0 Å². The molecule has 2 heteroatoms. The summed E-state index contributed by atoms with van der Waals surface area (Å²) in [6.45, 7) is 0. The molecule has 1 fully saturated rings. The number of para-hydroxylation sites is 1. The van der Waals surface area contributed by atoms with Gasteiger partial charge in [-0.25, -0.2) is 0 Å². The molecule has 22 heavy (non-hydrogen) atoms. The van der Waals surface area contributed by atoms with Crippen LogP contribution in [0.15, 0.2) is 60.7 Å². The summed E-state index contributed by atoms with van der Waals surface area (Å²) in [4.78, 5) is 0. The predicted octanol–water partition coefficient (Wildman–Crippen LogP) is 4.93. The van der Waals surface area contributed by atoms with E-state index in [-0.39, 0.29) is 6.04 Å². The van der Waals surface area contributed by atoms with Crippen molar-refractivity contribution in [3.8, 4) is 0 Å². The molecule has 2 aromatic rings. The van der Waals surface area contributed by atoms with Gasteiger partial charge in [-0.3, -0.25) is 0 Å². The molecule has 0 radical (unpaired) electrons. The first-order valence-electron chi connectivity index (χ1n) is 8.34. The largest absolute Gasteiger partial charge is 0.390 e. The van der Waals surface area contributed by atoms with Crippen LogP contribution in [0, 0.1) is 0 Å². The van der Waals surface area contributed by atoms with Gasteiger partial charge < -0.3 is 10.4 Å². The highest BCUT2D eigenvalue weighted by Crippen LogP contribution is 2.37. The van der Waals surface area contributed by atoms with Gasteiger partial charge in [-0.2, -0.15) is 0 Å². The molecular weight excluding hydrogens is 270 g/mol. The van der Waals surface area contributed by atoms with Crippen molar-refractivity contribution in [2.24, 2.45) is 0 Å². The molecule has 0 aliphatic heterocycles. The Balaban J connectivity index is 1.80. The monoisotopic (exact) mass is 295 g/mol. The highest BCUT2D eigenvalue weighted by Gasteiger charge is 2.32. The van der Waals surface area contributed by atoms with Crippen molar-refractivity contribution in [2.45, 2.75) is 50.2 Å². The third kappa shape index (κ3) is 3.89. The highest BCUT2D eigenvalue weighted by molar-refractivity contribution is 5.45. The molecule has 0 saturated heterocycles. The topological polar surface area (TPSA) is 32.3 Å². The minimum Gasteiger partial charge on any atom is -0.390 e. The number of hydrogen-bond donors (Lipinski definition) is 2. The zero-order chi connectivity index (χ0) is 15.3. The number of benzene rings is 2. The standard InChI is InChI=1S/C20H25NO/c22-20(14-8-3-9-15-20)16-19(17-10-4-1-5-11-17)21-18-12-6-2-7-13-18/h1-2,4-7,10-13,19,21-22H,3,8-9,14-16H2. The molecule has 1 unspecified atom stereocenters. The molecule has 1 saturated carbocycles. The second-order valence-electron chi connectivity index (χ2n) is 6.46. The Hall–Kier alpha value is -1.80. The van der Waals surface area contributed by atoms with Crippen molar-refractivity contribution in [3.63, 3.8) is 0 Å². The second-order valence-corrected chi connectivity index (χ2v) is 6.46. The van der Waals surface area contributed by atoms with Crippen LogP contribution in [0.25, 0.3) is 0 Å². The van der Waals surface area contributed by atoms with Gasteiger partial charge in [0.15, 0.2) is 0 Å². The van der Waals surface area contributed by atoms with Crippen LogP contribution in [0.1, 0.15) is 50.1 Å². The summed E-state index contributed by atoms with van der Waals surface area (Å²) in [5.74, 6) is 0. The molecule has 2 aromatic carbocycles. The summed E-state index contributed by atoms with van der Waals surface area (Å²) in [7, 11) is 0. The van der Waals surface area contributed by atoms with E-state index >= 15 is 0 Å². The quantitative estimate of drug-likeness (QED) is 0.820. The lowest BCUT2D eigenvalue weighted by molar-refractivity contribution is -0.00793. The molecular formula is C20H25NO. The van der Waals surface area contributed by atoms with Crippen molar-refractivity contribution in [1.82, 2.24) is 0 Å². The van der Waals surface area contributed by atoms with Gasteiger partial charge in [0.05, 0.1) is 11.6 Å². The van der Waals surface area contributed by atoms with Gasteiger partial charge >= 0.3 is 0 Å². The summed E-state index contributed by atoms with van der Waals surface area (Å²) in [6, 6.07) is 20.9. The molecule has 1 atom stereocenters. The Bertz CT molecular complexity index is 561. The first kappa shape index (κ1) is 15.1. The van der Waals surface area contributed by atoms with E-state index < -0.39 is 5.60 Å². The predicted molar refractivity (Wildman–Crippen MR) is 91.9 cm³/mol. The van der Waals surface area contributed by atoms with Crippen LogP contribution in [0.5, 0.6) is 0 Å². The Morgan fingerprint density at radius 1 is 0.864 bits per heavy atom. The first-order chi connectivity index (χ1) is 10.8. The molecule has 116 valence electrons. The maximum atomic E-state index is 10.9. The minimum absolute atomic E-state index is 0.145. The molecule has 0 amide bonds. The number of aliphatic hydroxyl groups is 1. The fourth-order valence-electron chi connectivity index (χ4n) is 3.47. The van der Waals surface area contributed by atoms with E-state index in [0.29, 0.717) is 0 Å². The maximum Gasteiger partial charge on any atom is 0.0670 e. The summed E-state index contributed by atoms with van der Waals surface area (Å²) >= 11 is 0. The number of rotatable bonds is 5. The van der Waals surface area contributed by atoms with Gasteiger partial charge in [0.2, 0.25) is 0 Å². The van der Waals surface area contributed by atoms with Gasteiger partial charge in [-0.05, 0) is 30.5 Å². The van der Waals surface area contributed by atoms with Crippen molar-refractivity contribution in [2.75, 3.05) is 5.32 Å². The molecule has 2 nitrogen and oxygen atoms in total. The van der Waals surface area contributed by atoms with E-state index in [2.05, 4.69) is 41.7 Å². The van der Waals surface area contributed by atoms with Crippen LogP contribution >= 0.6 is 0 Å². The van der Waals surface area contributed by atoms with Crippen LogP contribution in [0.3, 0.4) is 0 Å². The SMILES string of the molecule is OC1(CC(Nc2ccccc2)c2ccccc2)CCCCC1. The number of anilines is 1. The minimum atomic E-state index is -0.527. The van der Waals surface area contributed by atoms with Crippen molar-refractivity contribution in [1.29, 1.82) is 0 Å². The van der Waals surface area contributed by atoms with Gasteiger partial charge in [-0.1, -0.05) is 67.8 Å². The maximum absolute atomic E-state index is 10.9. The van der Waals surface area contributed by atoms with E-state index in [0.717, 1.165) is 37.8 Å². The van der Waals surface area contributed by atoms with Gasteiger partial charge in [0, 0.05) is 12.1 Å². The molecule has 0 spiro atoms. The third-order valence-electron chi connectivity index (χ3n) is 4.68. The number of nitrogens with one attached hydrogen (secondary N) is 1. The lowest BCUT2D eigenvalue weighted by Crippen LogP contribution is -2.35. The second kappa shape index (κ2) is 6.97. The third-order valence-corrected chi connectivity index (χ3v) is 4.68. The average Bonchev–Trinajstić information content (AvgIpc) is 2.56. The molecule has 1 aliphatic carbocycles. The van der Waals surface area contributed by atoms with E-state index in [1.807, 2.05) is 24.3 Å². The highest BCUT2D eigenvalue weighted by atomic mass is 16.3. The molecule has 0 bridgehead atoms. The van der Waals surface area contributed by atoms with Gasteiger partial charge in [0.1, 0.15) is 0 Å². The zero-order valence-corrected chi connectivity index (χ0v) is 13.0. The van der Waals surface area contributed by atoms with Crippen LogP contribution in [0.4, 0.5) is 5.69 Å². The van der Waals surface area contributed by atoms with E-state index in [1.54, 1.807) is 0 Å². The fourth-order valence-corrected chi connectivity index (χ4v) is 3.47. The Kier molecular flexibility index (Phi) is 4.79. The van der Waals surface area contributed by atoms with Crippen LogP contribution < -0.4 is 5.32 Å². The molecule has 1 aliphatic rings. The number of hydrogen-bond acceptors (Lipinski definition) is 2.